The number of nitrogens with one attached hydrogen (secondary N) is 1. The Bertz CT molecular complexity index is 652. The van der Waals surface area contributed by atoms with Crippen molar-refractivity contribution in [1.82, 2.24) is 9.97 Å². The van der Waals surface area contributed by atoms with Crippen LogP contribution in [-0.2, 0) is 11.3 Å². The number of phenols is 1. The van der Waals surface area contributed by atoms with Gasteiger partial charge in [0.15, 0.2) is 0 Å². The number of methoxy groups -OCH3 is 1. The number of aromatic hydroxyl groups is 1. The molecule has 0 aliphatic heterocycles. The van der Waals surface area contributed by atoms with Gasteiger partial charge in [0, 0.05) is 18.7 Å². The molecule has 0 fully saturated rings. The van der Waals surface area contributed by atoms with Crippen molar-refractivity contribution in [1.29, 1.82) is 0 Å². The molecule has 2 rings (SSSR count). The highest BCUT2D eigenvalue weighted by atomic mass is 79.9. The first-order valence-corrected chi connectivity index (χ1v) is 6.08. The van der Waals surface area contributed by atoms with Crippen molar-refractivity contribution < 1.29 is 14.2 Å². The first-order valence-electron chi connectivity index (χ1n) is 5.29. The molecular formula is C12H10BrFN2O3. The van der Waals surface area contributed by atoms with E-state index >= 15 is 0 Å². The van der Waals surface area contributed by atoms with E-state index in [-0.39, 0.29) is 28.2 Å². The first-order chi connectivity index (χ1) is 9.01. The van der Waals surface area contributed by atoms with Gasteiger partial charge in [-0.15, -0.1) is 0 Å². The van der Waals surface area contributed by atoms with Crippen LogP contribution in [0.25, 0.3) is 11.4 Å². The Morgan fingerprint density at radius 2 is 2.21 bits per heavy atom. The van der Waals surface area contributed by atoms with Crippen molar-refractivity contribution in [2.45, 2.75) is 6.61 Å². The summed E-state index contributed by atoms with van der Waals surface area (Å²) in [6.07, 6.45) is 0. The topological polar surface area (TPSA) is 75.2 Å². The molecule has 2 N–H and O–H groups in total. The van der Waals surface area contributed by atoms with Crippen molar-refractivity contribution in [3.63, 3.8) is 0 Å². The lowest BCUT2D eigenvalue weighted by molar-refractivity contribution is 0.180. The highest BCUT2D eigenvalue weighted by molar-refractivity contribution is 9.10. The van der Waals surface area contributed by atoms with E-state index < -0.39 is 11.4 Å². The van der Waals surface area contributed by atoms with Gasteiger partial charge in [0.1, 0.15) is 21.9 Å². The van der Waals surface area contributed by atoms with Gasteiger partial charge in [-0.1, -0.05) is 0 Å². The van der Waals surface area contributed by atoms with Crippen molar-refractivity contribution in [2.24, 2.45) is 0 Å². The third-order valence-electron chi connectivity index (χ3n) is 2.37. The van der Waals surface area contributed by atoms with Crippen molar-refractivity contribution in [3.8, 4) is 17.1 Å². The van der Waals surface area contributed by atoms with E-state index in [1.54, 1.807) is 0 Å². The van der Waals surface area contributed by atoms with Gasteiger partial charge in [0.25, 0.3) is 5.56 Å². The molecule has 5 nitrogen and oxygen atoms in total. The van der Waals surface area contributed by atoms with E-state index in [0.717, 1.165) is 6.07 Å². The fourth-order valence-corrected chi connectivity index (χ4v) is 1.89. The summed E-state index contributed by atoms with van der Waals surface area (Å²) in [6.45, 7) is 0.138. The fourth-order valence-electron chi connectivity index (χ4n) is 1.59. The molecule has 0 spiro atoms. The number of rotatable bonds is 3. The average molecular weight is 329 g/mol. The highest BCUT2D eigenvalue weighted by Crippen LogP contribution is 2.23. The minimum Gasteiger partial charge on any atom is -0.508 e. The summed E-state index contributed by atoms with van der Waals surface area (Å²) in [5.41, 5.74) is 0.269. The van der Waals surface area contributed by atoms with Crippen LogP contribution in [0, 0.1) is 5.82 Å². The summed E-state index contributed by atoms with van der Waals surface area (Å²) in [5, 5.41) is 9.36. The molecular weight excluding hydrogens is 319 g/mol. The Labute approximate surface area is 116 Å². The normalized spacial score (nSPS) is 10.7. The van der Waals surface area contributed by atoms with Gasteiger partial charge < -0.3 is 14.8 Å². The predicted octanol–water partition coefficient (Wildman–Crippen LogP) is 2.19. The number of aromatic nitrogens is 2. The lowest BCUT2D eigenvalue weighted by Crippen LogP contribution is -2.14. The lowest BCUT2D eigenvalue weighted by atomic mass is 10.2. The fraction of sp³-hybridized carbons (Fsp3) is 0.167. The number of hydrogen-bond acceptors (Lipinski definition) is 4. The monoisotopic (exact) mass is 328 g/mol. The smallest absolute Gasteiger partial charge is 0.265 e. The Kier molecular flexibility index (Phi) is 3.96. The van der Waals surface area contributed by atoms with Crippen LogP contribution >= 0.6 is 15.9 Å². The summed E-state index contributed by atoms with van der Waals surface area (Å²) < 4.78 is 18.4. The van der Waals surface area contributed by atoms with Gasteiger partial charge in [-0.3, -0.25) is 4.79 Å². The third-order valence-corrected chi connectivity index (χ3v) is 3.19. The van der Waals surface area contributed by atoms with Gasteiger partial charge in [-0.2, -0.15) is 0 Å². The summed E-state index contributed by atoms with van der Waals surface area (Å²) in [4.78, 5) is 18.4. The summed E-state index contributed by atoms with van der Waals surface area (Å²) in [5.74, 6) is -0.697. The Balaban J connectivity index is 2.59. The van der Waals surface area contributed by atoms with Gasteiger partial charge in [0.05, 0.1) is 12.3 Å². The van der Waals surface area contributed by atoms with Gasteiger partial charge >= 0.3 is 0 Å². The maximum atomic E-state index is 13.2. The first kappa shape index (κ1) is 13.7. The molecule has 7 heteroatoms. The molecule has 0 bridgehead atoms. The number of phenolic OH excluding ortho intramolecular Hbond substituents is 1. The molecule has 0 aliphatic rings. The second kappa shape index (κ2) is 5.50. The Morgan fingerprint density at radius 3 is 2.84 bits per heavy atom. The molecule has 1 heterocycles. The third kappa shape index (κ3) is 2.99. The van der Waals surface area contributed by atoms with Crippen LogP contribution in [0.5, 0.6) is 5.75 Å². The van der Waals surface area contributed by atoms with E-state index in [4.69, 9.17) is 4.74 Å². The molecule has 2 aromatic rings. The molecule has 0 amide bonds. The Morgan fingerprint density at radius 1 is 1.47 bits per heavy atom. The van der Waals surface area contributed by atoms with Gasteiger partial charge in [-0.25, -0.2) is 9.37 Å². The van der Waals surface area contributed by atoms with Crippen LogP contribution in [0.3, 0.4) is 0 Å². The Hall–Kier alpha value is -1.73. The molecule has 100 valence electrons. The van der Waals surface area contributed by atoms with E-state index in [1.165, 1.54) is 19.2 Å². The molecule has 0 unspecified atom stereocenters. The molecule has 0 aliphatic carbocycles. The average Bonchev–Trinajstić information content (AvgIpc) is 2.33. The minimum absolute atomic E-state index is 0.138. The number of hydrogen-bond donors (Lipinski definition) is 2. The summed E-state index contributed by atoms with van der Waals surface area (Å²) in [6, 6.07) is 3.45. The standard InChI is InChI=1S/C12H10BrFN2O3/c1-19-5-9-10(13)12(18)16-11(15-9)6-2-7(14)4-8(17)3-6/h2-4,17H,5H2,1H3,(H,15,16,18). The molecule has 1 aromatic carbocycles. The van der Waals surface area contributed by atoms with Crippen molar-refractivity contribution in [2.75, 3.05) is 7.11 Å². The predicted molar refractivity (Wildman–Crippen MR) is 70.3 cm³/mol. The maximum absolute atomic E-state index is 13.2. The number of nitrogens with zero attached hydrogens (tertiary/aromatic N) is 1. The van der Waals surface area contributed by atoms with E-state index in [0.29, 0.717) is 5.69 Å². The molecule has 0 atom stereocenters. The van der Waals surface area contributed by atoms with Gasteiger partial charge in [-0.05, 0) is 28.1 Å². The van der Waals surface area contributed by atoms with E-state index in [1.807, 2.05) is 0 Å². The van der Waals surface area contributed by atoms with Crippen LogP contribution in [0.2, 0.25) is 0 Å². The highest BCUT2D eigenvalue weighted by Gasteiger charge is 2.11. The number of H-pyrrole nitrogens is 1. The molecule has 0 saturated carbocycles. The van der Waals surface area contributed by atoms with Crippen LogP contribution in [0.15, 0.2) is 27.5 Å². The van der Waals surface area contributed by atoms with Crippen LogP contribution in [-0.4, -0.2) is 22.2 Å². The summed E-state index contributed by atoms with van der Waals surface area (Å²) >= 11 is 3.11. The number of ether oxygens (including phenoxy) is 1. The molecule has 1 aromatic heterocycles. The van der Waals surface area contributed by atoms with E-state index in [2.05, 4.69) is 25.9 Å². The zero-order valence-corrected chi connectivity index (χ0v) is 11.5. The van der Waals surface area contributed by atoms with Crippen molar-refractivity contribution >= 4 is 15.9 Å². The largest absolute Gasteiger partial charge is 0.508 e. The zero-order valence-electron chi connectivity index (χ0n) is 9.91. The SMILES string of the molecule is COCc1nc(-c2cc(O)cc(F)c2)[nH]c(=O)c1Br. The number of benzene rings is 1. The molecule has 0 saturated heterocycles. The lowest BCUT2D eigenvalue weighted by Gasteiger charge is -2.06. The van der Waals surface area contributed by atoms with Crippen LogP contribution < -0.4 is 5.56 Å². The van der Waals surface area contributed by atoms with Crippen LogP contribution in [0.4, 0.5) is 4.39 Å². The van der Waals surface area contributed by atoms with Crippen molar-refractivity contribution in [3.05, 3.63) is 44.5 Å². The number of halogens is 2. The quantitative estimate of drug-likeness (QED) is 0.905. The van der Waals surface area contributed by atoms with Crippen LogP contribution in [0.1, 0.15) is 5.69 Å². The molecule has 0 radical (unpaired) electrons. The van der Waals surface area contributed by atoms with E-state index in [9.17, 15) is 14.3 Å². The summed E-state index contributed by atoms with van der Waals surface area (Å²) in [7, 11) is 1.48. The zero-order chi connectivity index (χ0) is 14.0. The number of aromatic amines is 1. The second-order valence-electron chi connectivity index (χ2n) is 3.81. The minimum atomic E-state index is -0.617. The van der Waals surface area contributed by atoms with Gasteiger partial charge in [0.2, 0.25) is 0 Å². The maximum Gasteiger partial charge on any atom is 0.265 e. The molecule has 19 heavy (non-hydrogen) atoms. The second-order valence-corrected chi connectivity index (χ2v) is 4.60.